The van der Waals surface area contributed by atoms with Gasteiger partial charge in [0.05, 0.1) is 10.4 Å². The zero-order valence-electron chi connectivity index (χ0n) is 12.7. The van der Waals surface area contributed by atoms with E-state index in [0.717, 1.165) is 47.8 Å². The number of rotatable bonds is 4. The van der Waals surface area contributed by atoms with E-state index in [0.29, 0.717) is 17.4 Å². The van der Waals surface area contributed by atoms with E-state index in [1.807, 2.05) is 17.8 Å². The molecule has 0 bridgehead atoms. The van der Waals surface area contributed by atoms with Crippen LogP contribution in [0.3, 0.4) is 0 Å². The number of hydrogen-bond donors (Lipinski definition) is 1. The van der Waals surface area contributed by atoms with Crippen LogP contribution in [0.4, 0.5) is 0 Å². The van der Waals surface area contributed by atoms with Crippen molar-refractivity contribution < 1.29 is 4.79 Å². The van der Waals surface area contributed by atoms with Gasteiger partial charge in [-0.05, 0) is 43.3 Å². The molecule has 23 heavy (non-hydrogen) atoms. The molecular weight excluding hydrogens is 328 g/mol. The Morgan fingerprint density at radius 1 is 1.17 bits per heavy atom. The van der Waals surface area contributed by atoms with E-state index in [1.54, 1.807) is 11.7 Å². The zero-order valence-corrected chi connectivity index (χ0v) is 14.3. The molecule has 2 aliphatic rings. The van der Waals surface area contributed by atoms with Gasteiger partial charge in [0, 0.05) is 23.9 Å². The van der Waals surface area contributed by atoms with Crippen LogP contribution in [-0.4, -0.2) is 38.4 Å². The molecule has 0 atom stereocenters. The normalized spacial score (nSPS) is 18.8. The summed E-state index contributed by atoms with van der Waals surface area (Å²) >= 11 is 3.46. The highest BCUT2D eigenvalue weighted by molar-refractivity contribution is 7.99. The maximum absolute atomic E-state index is 12.6. The molecule has 4 rings (SSSR count). The van der Waals surface area contributed by atoms with Gasteiger partial charge in [-0.3, -0.25) is 9.78 Å². The van der Waals surface area contributed by atoms with Crippen LogP contribution < -0.4 is 5.32 Å². The van der Waals surface area contributed by atoms with Gasteiger partial charge in [0.1, 0.15) is 5.69 Å². The SMILES string of the molecule is O=C(NC1CCSCC1)c1cc(C2CC2)nc(-c2cncs2)n1. The van der Waals surface area contributed by atoms with Crippen molar-refractivity contribution in [3.63, 3.8) is 0 Å². The number of nitrogens with zero attached hydrogens (tertiary/aromatic N) is 3. The summed E-state index contributed by atoms with van der Waals surface area (Å²) in [5.41, 5.74) is 3.25. The highest BCUT2D eigenvalue weighted by Gasteiger charge is 2.28. The molecule has 1 saturated heterocycles. The summed E-state index contributed by atoms with van der Waals surface area (Å²) in [6.07, 6.45) is 6.15. The van der Waals surface area contributed by atoms with E-state index in [-0.39, 0.29) is 11.9 Å². The van der Waals surface area contributed by atoms with Crippen LogP contribution >= 0.6 is 23.1 Å². The average Bonchev–Trinajstić information content (AvgIpc) is 3.30. The lowest BCUT2D eigenvalue weighted by molar-refractivity contribution is 0.0929. The molecule has 5 nitrogen and oxygen atoms in total. The van der Waals surface area contributed by atoms with Gasteiger partial charge in [-0.25, -0.2) is 9.97 Å². The summed E-state index contributed by atoms with van der Waals surface area (Å²) in [6, 6.07) is 2.14. The molecule has 1 aliphatic carbocycles. The van der Waals surface area contributed by atoms with Crippen LogP contribution in [0, 0.1) is 0 Å². The van der Waals surface area contributed by atoms with Gasteiger partial charge < -0.3 is 5.32 Å². The van der Waals surface area contributed by atoms with Gasteiger partial charge in [0.2, 0.25) is 0 Å². The van der Waals surface area contributed by atoms with E-state index >= 15 is 0 Å². The second-order valence-electron chi connectivity index (χ2n) is 6.00. The molecule has 0 aromatic carbocycles. The minimum absolute atomic E-state index is 0.0723. The Balaban J connectivity index is 1.60. The van der Waals surface area contributed by atoms with Crippen LogP contribution in [0.25, 0.3) is 10.7 Å². The Morgan fingerprint density at radius 3 is 2.70 bits per heavy atom. The molecule has 2 aromatic heterocycles. The Morgan fingerprint density at radius 2 is 2.00 bits per heavy atom. The van der Waals surface area contributed by atoms with Gasteiger partial charge in [-0.15, -0.1) is 11.3 Å². The van der Waals surface area contributed by atoms with Crippen molar-refractivity contribution in [2.45, 2.75) is 37.6 Å². The van der Waals surface area contributed by atoms with Crippen molar-refractivity contribution in [3.05, 3.63) is 29.2 Å². The smallest absolute Gasteiger partial charge is 0.270 e. The Labute approximate surface area is 143 Å². The van der Waals surface area contributed by atoms with E-state index in [4.69, 9.17) is 0 Å². The highest BCUT2D eigenvalue weighted by atomic mass is 32.2. The maximum Gasteiger partial charge on any atom is 0.270 e. The fraction of sp³-hybridized carbons (Fsp3) is 0.500. The number of carbonyl (C=O) groups is 1. The number of amides is 1. The van der Waals surface area contributed by atoms with Crippen molar-refractivity contribution in [1.82, 2.24) is 20.3 Å². The number of carbonyl (C=O) groups excluding carboxylic acids is 1. The zero-order chi connectivity index (χ0) is 15.6. The van der Waals surface area contributed by atoms with Gasteiger partial charge >= 0.3 is 0 Å². The molecule has 0 unspecified atom stereocenters. The van der Waals surface area contributed by atoms with Gasteiger partial charge in [0.15, 0.2) is 5.82 Å². The third-order valence-corrected chi connectivity index (χ3v) is 6.00. The molecule has 120 valence electrons. The van der Waals surface area contributed by atoms with Crippen LogP contribution in [-0.2, 0) is 0 Å². The van der Waals surface area contributed by atoms with Crippen LogP contribution in [0.15, 0.2) is 17.8 Å². The first kappa shape index (κ1) is 15.1. The highest BCUT2D eigenvalue weighted by Crippen LogP contribution is 2.39. The van der Waals surface area contributed by atoms with Gasteiger partial charge in [-0.1, -0.05) is 0 Å². The van der Waals surface area contributed by atoms with Gasteiger partial charge in [-0.2, -0.15) is 11.8 Å². The number of thioether (sulfide) groups is 1. The molecule has 0 spiro atoms. The third kappa shape index (κ3) is 3.55. The molecule has 2 fully saturated rings. The van der Waals surface area contributed by atoms with E-state index < -0.39 is 0 Å². The first-order chi connectivity index (χ1) is 11.3. The van der Waals surface area contributed by atoms with E-state index in [9.17, 15) is 4.79 Å². The number of hydrogen-bond acceptors (Lipinski definition) is 6. The lowest BCUT2D eigenvalue weighted by Gasteiger charge is -2.22. The molecule has 1 amide bonds. The van der Waals surface area contributed by atoms with Crippen LogP contribution in [0.5, 0.6) is 0 Å². The first-order valence-corrected chi connectivity index (χ1v) is 9.99. The third-order valence-electron chi connectivity index (χ3n) is 4.18. The molecule has 3 heterocycles. The summed E-state index contributed by atoms with van der Waals surface area (Å²) < 4.78 is 0. The van der Waals surface area contributed by atoms with Gasteiger partial charge in [0.25, 0.3) is 5.91 Å². The Bertz CT molecular complexity index is 694. The summed E-state index contributed by atoms with van der Waals surface area (Å²) in [7, 11) is 0. The van der Waals surface area contributed by atoms with Crippen molar-refractivity contribution in [3.8, 4) is 10.7 Å². The summed E-state index contributed by atoms with van der Waals surface area (Å²) in [5.74, 6) is 3.28. The molecule has 1 saturated carbocycles. The second-order valence-corrected chi connectivity index (χ2v) is 8.11. The lowest BCUT2D eigenvalue weighted by atomic mass is 10.1. The maximum atomic E-state index is 12.6. The fourth-order valence-corrected chi connectivity index (χ4v) is 4.37. The molecule has 2 aromatic rings. The van der Waals surface area contributed by atoms with Crippen molar-refractivity contribution in [2.75, 3.05) is 11.5 Å². The minimum Gasteiger partial charge on any atom is -0.348 e. The standard InChI is InChI=1S/C16H18N4OS2/c21-16(18-11-3-5-22-6-4-11)13-7-12(10-1-2-10)19-15(20-13)14-8-17-9-23-14/h7-11H,1-6H2,(H,18,21). The monoisotopic (exact) mass is 346 g/mol. The molecule has 7 heteroatoms. The minimum atomic E-state index is -0.0723. The summed E-state index contributed by atoms with van der Waals surface area (Å²) in [6.45, 7) is 0. The van der Waals surface area contributed by atoms with Crippen molar-refractivity contribution in [2.24, 2.45) is 0 Å². The number of nitrogens with one attached hydrogen (secondary N) is 1. The number of thiazole rings is 1. The second kappa shape index (κ2) is 6.57. The fourth-order valence-electron chi connectivity index (χ4n) is 2.71. The van der Waals surface area contributed by atoms with E-state index in [1.165, 1.54) is 11.3 Å². The topological polar surface area (TPSA) is 67.8 Å². The van der Waals surface area contributed by atoms with E-state index in [2.05, 4.69) is 20.3 Å². The number of aromatic nitrogens is 3. The first-order valence-electron chi connectivity index (χ1n) is 7.96. The molecular formula is C16H18N4OS2. The molecule has 1 aliphatic heterocycles. The Kier molecular flexibility index (Phi) is 4.31. The van der Waals surface area contributed by atoms with Crippen LogP contribution in [0.2, 0.25) is 0 Å². The van der Waals surface area contributed by atoms with Crippen LogP contribution in [0.1, 0.15) is 47.8 Å². The van der Waals surface area contributed by atoms with Crippen molar-refractivity contribution >= 4 is 29.0 Å². The largest absolute Gasteiger partial charge is 0.348 e. The quantitative estimate of drug-likeness (QED) is 0.921. The molecule has 0 radical (unpaired) electrons. The predicted octanol–water partition coefficient (Wildman–Crippen LogP) is 3.10. The van der Waals surface area contributed by atoms with Crippen molar-refractivity contribution in [1.29, 1.82) is 0 Å². The average molecular weight is 346 g/mol. The summed E-state index contributed by atoms with van der Waals surface area (Å²) in [5, 5.41) is 3.14. The summed E-state index contributed by atoms with van der Waals surface area (Å²) in [4.78, 5) is 26.8. The molecule has 1 N–H and O–H groups in total. The Hall–Kier alpha value is -1.47. The lowest BCUT2D eigenvalue weighted by Crippen LogP contribution is -2.37. The predicted molar refractivity (Wildman–Crippen MR) is 92.9 cm³/mol.